The lowest BCUT2D eigenvalue weighted by Gasteiger charge is -2.18. The number of amides is 1. The zero-order valence-corrected chi connectivity index (χ0v) is 14.8. The van der Waals surface area contributed by atoms with Crippen molar-refractivity contribution in [1.82, 2.24) is 5.32 Å². The van der Waals surface area contributed by atoms with E-state index >= 15 is 0 Å². The van der Waals surface area contributed by atoms with Crippen LogP contribution in [0.15, 0.2) is 18.2 Å². The summed E-state index contributed by atoms with van der Waals surface area (Å²) in [6.07, 6.45) is 2.71. The van der Waals surface area contributed by atoms with E-state index in [0.717, 1.165) is 29.7 Å². The first kappa shape index (κ1) is 20.7. The van der Waals surface area contributed by atoms with Crippen LogP contribution in [-0.4, -0.2) is 18.1 Å². The van der Waals surface area contributed by atoms with Gasteiger partial charge in [0, 0.05) is 12.1 Å². The van der Waals surface area contributed by atoms with Gasteiger partial charge < -0.3 is 15.8 Å². The molecule has 0 aliphatic rings. The van der Waals surface area contributed by atoms with Crippen molar-refractivity contribution in [3.05, 3.63) is 29.3 Å². The molecule has 126 valence electrons. The highest BCUT2D eigenvalue weighted by atomic mass is 35.5. The van der Waals surface area contributed by atoms with Gasteiger partial charge in [-0.2, -0.15) is 0 Å². The first-order valence-electron chi connectivity index (χ1n) is 7.77. The molecule has 1 amide bonds. The normalized spacial score (nSPS) is 13.0. The van der Waals surface area contributed by atoms with Crippen molar-refractivity contribution >= 4 is 18.3 Å². The Kier molecular flexibility index (Phi) is 9.86. The van der Waals surface area contributed by atoms with Crippen LogP contribution in [0.3, 0.4) is 0 Å². The lowest BCUT2D eigenvalue weighted by molar-refractivity contribution is -0.122. The van der Waals surface area contributed by atoms with Gasteiger partial charge in [-0.1, -0.05) is 32.4 Å². The highest BCUT2D eigenvalue weighted by Gasteiger charge is 2.13. The monoisotopic (exact) mass is 328 g/mol. The minimum atomic E-state index is -0.431. The number of carbonyl (C=O) groups excluding carboxylic acids is 1. The zero-order valence-electron chi connectivity index (χ0n) is 14.0. The van der Waals surface area contributed by atoms with Gasteiger partial charge in [-0.05, 0) is 38.3 Å². The standard InChI is InChI=1S/C17H28N2O2.ClH/c1-5-7-15(18)17(20)19-11-14-9-8-12(3)10-16(14)21-13(4)6-2;/h8-10,13,15H,5-7,11,18H2,1-4H3,(H,19,20);1H. The molecule has 1 aromatic rings. The van der Waals surface area contributed by atoms with Crippen molar-refractivity contribution in [2.24, 2.45) is 5.73 Å². The van der Waals surface area contributed by atoms with E-state index in [4.69, 9.17) is 10.5 Å². The molecule has 1 aromatic carbocycles. The molecule has 0 spiro atoms. The fourth-order valence-corrected chi connectivity index (χ4v) is 1.97. The Labute approximate surface area is 140 Å². The molecule has 0 saturated heterocycles. The maximum Gasteiger partial charge on any atom is 0.237 e. The zero-order chi connectivity index (χ0) is 15.8. The number of nitrogens with two attached hydrogens (primary N) is 1. The quantitative estimate of drug-likeness (QED) is 0.769. The van der Waals surface area contributed by atoms with E-state index in [9.17, 15) is 4.79 Å². The lowest BCUT2D eigenvalue weighted by atomic mass is 10.1. The maximum absolute atomic E-state index is 11.9. The Morgan fingerprint density at radius 1 is 1.36 bits per heavy atom. The predicted octanol–water partition coefficient (Wildman–Crippen LogP) is 3.34. The molecular weight excluding hydrogens is 300 g/mol. The summed E-state index contributed by atoms with van der Waals surface area (Å²) < 4.78 is 5.93. The molecular formula is C17H29ClN2O2. The molecule has 0 fully saturated rings. The van der Waals surface area contributed by atoms with Gasteiger partial charge in [-0.25, -0.2) is 0 Å². The molecule has 2 atom stereocenters. The number of nitrogens with one attached hydrogen (secondary N) is 1. The number of aryl methyl sites for hydroxylation is 1. The average Bonchev–Trinajstić information content (AvgIpc) is 2.46. The fraction of sp³-hybridized carbons (Fsp3) is 0.588. The van der Waals surface area contributed by atoms with Crippen molar-refractivity contribution in [2.75, 3.05) is 0 Å². The van der Waals surface area contributed by atoms with Crippen LogP contribution in [0.2, 0.25) is 0 Å². The third-order valence-corrected chi connectivity index (χ3v) is 3.52. The smallest absolute Gasteiger partial charge is 0.237 e. The summed E-state index contributed by atoms with van der Waals surface area (Å²) in [5.41, 5.74) is 7.94. The molecule has 0 bridgehead atoms. The summed E-state index contributed by atoms with van der Waals surface area (Å²) in [5, 5.41) is 2.89. The van der Waals surface area contributed by atoms with Crippen LogP contribution in [0.1, 0.15) is 51.2 Å². The predicted molar refractivity (Wildman–Crippen MR) is 93.5 cm³/mol. The molecule has 0 heterocycles. The van der Waals surface area contributed by atoms with E-state index in [1.54, 1.807) is 0 Å². The summed E-state index contributed by atoms with van der Waals surface area (Å²) in [6.45, 7) is 8.63. The van der Waals surface area contributed by atoms with Crippen LogP contribution < -0.4 is 15.8 Å². The summed E-state index contributed by atoms with van der Waals surface area (Å²) in [6, 6.07) is 5.61. The van der Waals surface area contributed by atoms with Gasteiger partial charge in [0.2, 0.25) is 5.91 Å². The van der Waals surface area contributed by atoms with Crippen LogP contribution in [0.25, 0.3) is 0 Å². The molecule has 0 aliphatic heterocycles. The number of halogens is 1. The van der Waals surface area contributed by atoms with Gasteiger partial charge in [-0.3, -0.25) is 4.79 Å². The fourth-order valence-electron chi connectivity index (χ4n) is 1.97. The van der Waals surface area contributed by atoms with E-state index in [2.05, 4.69) is 12.2 Å². The van der Waals surface area contributed by atoms with E-state index in [1.165, 1.54) is 0 Å². The average molecular weight is 329 g/mol. The second-order valence-electron chi connectivity index (χ2n) is 5.56. The van der Waals surface area contributed by atoms with Gasteiger partial charge in [0.25, 0.3) is 0 Å². The summed E-state index contributed by atoms with van der Waals surface area (Å²) >= 11 is 0. The molecule has 5 heteroatoms. The van der Waals surface area contributed by atoms with Crippen molar-refractivity contribution in [1.29, 1.82) is 0 Å². The Morgan fingerprint density at radius 2 is 2.05 bits per heavy atom. The molecule has 3 N–H and O–H groups in total. The van der Waals surface area contributed by atoms with Crippen LogP contribution in [-0.2, 0) is 11.3 Å². The minimum absolute atomic E-state index is 0. The second-order valence-corrected chi connectivity index (χ2v) is 5.56. The van der Waals surface area contributed by atoms with E-state index in [1.807, 2.05) is 39.0 Å². The topological polar surface area (TPSA) is 64.4 Å². The van der Waals surface area contributed by atoms with Crippen molar-refractivity contribution < 1.29 is 9.53 Å². The summed E-state index contributed by atoms with van der Waals surface area (Å²) in [4.78, 5) is 11.9. The van der Waals surface area contributed by atoms with Crippen LogP contribution in [0.4, 0.5) is 0 Å². The third-order valence-electron chi connectivity index (χ3n) is 3.52. The molecule has 0 aliphatic carbocycles. The second kappa shape index (κ2) is 10.5. The Morgan fingerprint density at radius 3 is 2.64 bits per heavy atom. The van der Waals surface area contributed by atoms with Crippen molar-refractivity contribution in [3.63, 3.8) is 0 Å². The maximum atomic E-state index is 11.9. The Bertz CT molecular complexity index is 466. The van der Waals surface area contributed by atoms with Crippen molar-refractivity contribution in [2.45, 2.75) is 65.6 Å². The summed E-state index contributed by atoms with van der Waals surface area (Å²) in [5.74, 6) is 0.737. The first-order valence-corrected chi connectivity index (χ1v) is 7.77. The minimum Gasteiger partial charge on any atom is -0.490 e. The molecule has 2 unspecified atom stereocenters. The number of hydrogen-bond acceptors (Lipinski definition) is 3. The van der Waals surface area contributed by atoms with Gasteiger partial charge >= 0.3 is 0 Å². The SMILES string of the molecule is CCCC(N)C(=O)NCc1ccc(C)cc1OC(C)CC.Cl. The molecule has 0 aromatic heterocycles. The molecule has 0 radical (unpaired) electrons. The van der Waals surface area contributed by atoms with E-state index in [-0.39, 0.29) is 24.4 Å². The number of ether oxygens (including phenoxy) is 1. The number of hydrogen-bond donors (Lipinski definition) is 2. The number of rotatable bonds is 8. The van der Waals surface area contributed by atoms with Gasteiger partial charge in [0.05, 0.1) is 12.1 Å². The van der Waals surface area contributed by atoms with Crippen LogP contribution >= 0.6 is 12.4 Å². The van der Waals surface area contributed by atoms with Crippen LogP contribution in [0.5, 0.6) is 5.75 Å². The van der Waals surface area contributed by atoms with Gasteiger partial charge in [-0.15, -0.1) is 12.4 Å². The van der Waals surface area contributed by atoms with E-state index in [0.29, 0.717) is 13.0 Å². The number of carbonyl (C=O) groups is 1. The molecule has 4 nitrogen and oxygen atoms in total. The highest BCUT2D eigenvalue weighted by molar-refractivity contribution is 5.85. The largest absolute Gasteiger partial charge is 0.490 e. The molecule has 22 heavy (non-hydrogen) atoms. The van der Waals surface area contributed by atoms with Gasteiger partial charge in [0.1, 0.15) is 5.75 Å². The first-order chi connectivity index (χ1) is 9.97. The summed E-state index contributed by atoms with van der Waals surface area (Å²) in [7, 11) is 0. The molecule has 0 saturated carbocycles. The van der Waals surface area contributed by atoms with Crippen molar-refractivity contribution in [3.8, 4) is 5.75 Å². The van der Waals surface area contributed by atoms with Crippen LogP contribution in [0, 0.1) is 6.92 Å². The van der Waals surface area contributed by atoms with E-state index < -0.39 is 6.04 Å². The van der Waals surface area contributed by atoms with Gasteiger partial charge in [0.15, 0.2) is 0 Å². The Balaban J connectivity index is 0.00000441. The third kappa shape index (κ3) is 6.67. The Hall–Kier alpha value is -1.26. The number of benzene rings is 1. The molecule has 1 rings (SSSR count). The highest BCUT2D eigenvalue weighted by Crippen LogP contribution is 2.22. The lowest BCUT2D eigenvalue weighted by Crippen LogP contribution is -2.40.